The summed E-state index contributed by atoms with van der Waals surface area (Å²) in [5.74, 6) is 0.824. The Morgan fingerprint density at radius 1 is 1.20 bits per heavy atom. The molecule has 2 saturated heterocycles. The van der Waals surface area contributed by atoms with Crippen LogP contribution < -0.4 is 0 Å². The molecule has 2 nitrogen and oxygen atoms in total. The number of epoxide rings is 1. The Kier molecular flexibility index (Phi) is 3.16. The lowest BCUT2D eigenvalue weighted by Gasteiger charge is -1.89. The molecule has 0 aromatic rings. The molecule has 2 atom stereocenters. The van der Waals surface area contributed by atoms with Crippen molar-refractivity contribution in [2.75, 3.05) is 19.8 Å². The second-order valence-electron chi connectivity index (χ2n) is 3.11. The van der Waals surface area contributed by atoms with Gasteiger partial charge in [-0.1, -0.05) is 6.92 Å². The maximum absolute atomic E-state index is 5.06. The third-order valence-corrected chi connectivity index (χ3v) is 1.66. The summed E-state index contributed by atoms with van der Waals surface area (Å²) in [7, 11) is 0. The number of ether oxygens (including phenoxy) is 2. The van der Waals surface area contributed by atoms with Crippen LogP contribution in [0.5, 0.6) is 0 Å². The molecule has 2 rings (SSSR count). The zero-order valence-electron chi connectivity index (χ0n) is 6.80. The summed E-state index contributed by atoms with van der Waals surface area (Å²) in [6.07, 6.45) is 1.85. The van der Waals surface area contributed by atoms with Gasteiger partial charge in [0, 0.05) is 13.2 Å². The Bertz CT molecular complexity index is 83.3. The largest absolute Gasteiger partial charge is 0.381 e. The minimum absolute atomic E-state index is 0.583. The first-order valence-electron chi connectivity index (χ1n) is 3.98. The fourth-order valence-electron chi connectivity index (χ4n) is 0.749. The summed E-state index contributed by atoms with van der Waals surface area (Å²) >= 11 is 0. The van der Waals surface area contributed by atoms with Gasteiger partial charge in [0.25, 0.3) is 0 Å². The van der Waals surface area contributed by atoms with Gasteiger partial charge in [-0.25, -0.2) is 0 Å². The van der Waals surface area contributed by atoms with E-state index in [4.69, 9.17) is 9.47 Å². The smallest absolute Gasteiger partial charge is 0.0781 e. The van der Waals surface area contributed by atoms with Crippen LogP contribution in [0.25, 0.3) is 0 Å². The highest BCUT2D eigenvalue weighted by atomic mass is 16.6. The molecule has 0 amide bonds. The predicted molar refractivity (Wildman–Crippen MR) is 40.0 cm³/mol. The molecule has 60 valence electrons. The second kappa shape index (κ2) is 3.94. The fourth-order valence-corrected chi connectivity index (χ4v) is 0.749. The molecule has 2 heteroatoms. The van der Waals surface area contributed by atoms with Crippen LogP contribution in [0.3, 0.4) is 0 Å². The van der Waals surface area contributed by atoms with E-state index in [0.717, 1.165) is 25.7 Å². The summed E-state index contributed by atoms with van der Waals surface area (Å²) in [4.78, 5) is 0. The van der Waals surface area contributed by atoms with Crippen LogP contribution in [-0.4, -0.2) is 25.9 Å². The molecule has 2 aliphatic rings. The molecule has 2 fully saturated rings. The Labute approximate surface area is 62.5 Å². The van der Waals surface area contributed by atoms with Crippen molar-refractivity contribution < 1.29 is 9.47 Å². The molecule has 0 radical (unpaired) electrons. The molecule has 0 N–H and O–H groups in total. The number of hydrogen-bond donors (Lipinski definition) is 0. The highest BCUT2D eigenvalue weighted by molar-refractivity contribution is 4.58. The Morgan fingerprint density at radius 3 is 1.90 bits per heavy atom. The van der Waals surface area contributed by atoms with Crippen LogP contribution in [0.1, 0.15) is 20.3 Å². The van der Waals surface area contributed by atoms with Crippen LogP contribution in [0.2, 0.25) is 0 Å². The molecular formula is C8H16O2. The van der Waals surface area contributed by atoms with Gasteiger partial charge in [0.2, 0.25) is 0 Å². The molecule has 0 aromatic carbocycles. The Morgan fingerprint density at radius 2 is 1.80 bits per heavy atom. The van der Waals surface area contributed by atoms with Gasteiger partial charge in [0.1, 0.15) is 0 Å². The highest BCUT2D eigenvalue weighted by Crippen LogP contribution is 2.09. The van der Waals surface area contributed by atoms with Gasteiger partial charge in [-0.2, -0.15) is 0 Å². The third kappa shape index (κ3) is 3.85. The lowest BCUT2D eigenvalue weighted by molar-refractivity contribution is 0.188. The average Bonchev–Trinajstić information content (AvgIpc) is 2.50. The standard InChI is InChI=1S/C5H10O.C3H6O/c1-5-2-3-6-4-5;1-3-2-4-3/h5H,2-4H2,1H3;3H,2H2,1H3. The summed E-state index contributed by atoms with van der Waals surface area (Å²) in [6.45, 7) is 7.23. The summed E-state index contributed by atoms with van der Waals surface area (Å²) < 4.78 is 9.77. The van der Waals surface area contributed by atoms with Gasteiger partial charge in [-0.15, -0.1) is 0 Å². The van der Waals surface area contributed by atoms with E-state index < -0.39 is 0 Å². The first-order chi connectivity index (χ1) is 4.79. The van der Waals surface area contributed by atoms with Gasteiger partial charge < -0.3 is 9.47 Å². The SMILES string of the molecule is CC1CCOC1.CC1CO1. The quantitative estimate of drug-likeness (QED) is 0.480. The Hall–Kier alpha value is -0.0800. The minimum atomic E-state index is 0.583. The van der Waals surface area contributed by atoms with Crippen molar-refractivity contribution >= 4 is 0 Å². The van der Waals surface area contributed by atoms with Crippen molar-refractivity contribution in [3.8, 4) is 0 Å². The monoisotopic (exact) mass is 144 g/mol. The molecule has 0 spiro atoms. The normalized spacial score (nSPS) is 36.6. The summed E-state index contributed by atoms with van der Waals surface area (Å²) in [5.41, 5.74) is 0. The van der Waals surface area contributed by atoms with E-state index in [0.29, 0.717) is 6.10 Å². The third-order valence-electron chi connectivity index (χ3n) is 1.66. The van der Waals surface area contributed by atoms with E-state index >= 15 is 0 Å². The van der Waals surface area contributed by atoms with Crippen LogP contribution >= 0.6 is 0 Å². The maximum Gasteiger partial charge on any atom is 0.0781 e. The first-order valence-corrected chi connectivity index (χ1v) is 3.98. The lowest BCUT2D eigenvalue weighted by Crippen LogP contribution is -1.88. The van der Waals surface area contributed by atoms with E-state index in [-0.39, 0.29) is 0 Å². The minimum Gasteiger partial charge on any atom is -0.381 e. The molecule has 0 saturated carbocycles. The second-order valence-corrected chi connectivity index (χ2v) is 3.11. The molecule has 2 aliphatic heterocycles. The topological polar surface area (TPSA) is 21.8 Å². The molecule has 10 heavy (non-hydrogen) atoms. The fraction of sp³-hybridized carbons (Fsp3) is 1.00. The van der Waals surface area contributed by atoms with Gasteiger partial charge >= 0.3 is 0 Å². The van der Waals surface area contributed by atoms with Crippen LogP contribution in [0, 0.1) is 5.92 Å². The Balaban J connectivity index is 0.000000108. The first kappa shape index (κ1) is 8.02. The van der Waals surface area contributed by atoms with Crippen LogP contribution in [-0.2, 0) is 9.47 Å². The van der Waals surface area contributed by atoms with Crippen LogP contribution in [0.15, 0.2) is 0 Å². The van der Waals surface area contributed by atoms with Crippen molar-refractivity contribution in [1.82, 2.24) is 0 Å². The van der Waals surface area contributed by atoms with Crippen LogP contribution in [0.4, 0.5) is 0 Å². The van der Waals surface area contributed by atoms with Gasteiger partial charge in [-0.05, 0) is 19.3 Å². The molecular weight excluding hydrogens is 128 g/mol. The zero-order chi connectivity index (χ0) is 7.40. The van der Waals surface area contributed by atoms with E-state index in [1.165, 1.54) is 6.42 Å². The van der Waals surface area contributed by atoms with E-state index in [2.05, 4.69) is 13.8 Å². The highest BCUT2D eigenvalue weighted by Gasteiger charge is 2.13. The van der Waals surface area contributed by atoms with Gasteiger partial charge in [0.05, 0.1) is 12.7 Å². The molecule has 2 unspecified atom stereocenters. The van der Waals surface area contributed by atoms with Crippen molar-refractivity contribution in [2.45, 2.75) is 26.4 Å². The maximum atomic E-state index is 5.06. The zero-order valence-corrected chi connectivity index (χ0v) is 6.80. The predicted octanol–water partition coefficient (Wildman–Crippen LogP) is 1.45. The van der Waals surface area contributed by atoms with Crippen molar-refractivity contribution in [3.63, 3.8) is 0 Å². The molecule has 0 aromatic heterocycles. The van der Waals surface area contributed by atoms with Crippen molar-refractivity contribution in [2.24, 2.45) is 5.92 Å². The summed E-state index contributed by atoms with van der Waals surface area (Å²) in [6, 6.07) is 0. The van der Waals surface area contributed by atoms with Crippen molar-refractivity contribution in [1.29, 1.82) is 0 Å². The van der Waals surface area contributed by atoms with E-state index in [9.17, 15) is 0 Å². The van der Waals surface area contributed by atoms with E-state index in [1.54, 1.807) is 0 Å². The van der Waals surface area contributed by atoms with Gasteiger partial charge in [-0.3, -0.25) is 0 Å². The lowest BCUT2D eigenvalue weighted by atomic mass is 10.2. The molecule has 0 aliphatic carbocycles. The molecule has 0 bridgehead atoms. The van der Waals surface area contributed by atoms with Gasteiger partial charge in [0.15, 0.2) is 0 Å². The number of hydrogen-bond acceptors (Lipinski definition) is 2. The average molecular weight is 144 g/mol. The summed E-state index contributed by atoms with van der Waals surface area (Å²) in [5, 5.41) is 0. The van der Waals surface area contributed by atoms with E-state index in [1.807, 2.05) is 0 Å². The molecule has 2 heterocycles. The number of rotatable bonds is 0. The van der Waals surface area contributed by atoms with Crippen molar-refractivity contribution in [3.05, 3.63) is 0 Å².